The zero-order valence-corrected chi connectivity index (χ0v) is 13.1. The maximum atomic E-state index is 5.77. The van der Waals surface area contributed by atoms with E-state index >= 15 is 0 Å². The van der Waals surface area contributed by atoms with Gasteiger partial charge in [0, 0.05) is 12.6 Å². The maximum absolute atomic E-state index is 5.77. The van der Waals surface area contributed by atoms with Crippen LogP contribution in [0.4, 0.5) is 5.13 Å². The minimum Gasteiger partial charge on any atom is -0.375 e. The van der Waals surface area contributed by atoms with Crippen LogP contribution >= 0.6 is 11.3 Å². The number of anilines is 1. The molecule has 0 amide bonds. The first kappa shape index (κ1) is 13.8. The van der Waals surface area contributed by atoms with Crippen LogP contribution in [0.5, 0.6) is 0 Å². The van der Waals surface area contributed by atoms with Crippen molar-refractivity contribution in [2.24, 2.45) is 5.92 Å². The standard InChI is InChI=1S/C16H23N3S/c1-11-5-3-4-6-14(11)19(2)10-12-7-8-13-15(9-12)20-16(17)18-13/h7-9,11,14H,3-6,10H2,1-2H3,(H2,17,18). The monoisotopic (exact) mass is 289 g/mol. The summed E-state index contributed by atoms with van der Waals surface area (Å²) in [6.07, 6.45) is 5.49. The number of benzene rings is 1. The molecule has 1 aliphatic carbocycles. The summed E-state index contributed by atoms with van der Waals surface area (Å²) in [5.41, 5.74) is 8.15. The van der Waals surface area contributed by atoms with Crippen LogP contribution in [0.25, 0.3) is 10.2 Å². The molecule has 108 valence electrons. The number of nitrogens with zero attached hydrogens (tertiary/aromatic N) is 2. The van der Waals surface area contributed by atoms with E-state index < -0.39 is 0 Å². The Labute approximate surface area is 124 Å². The second kappa shape index (κ2) is 5.70. The second-order valence-electron chi connectivity index (χ2n) is 6.10. The minimum absolute atomic E-state index is 0.659. The lowest BCUT2D eigenvalue weighted by molar-refractivity contribution is 0.133. The summed E-state index contributed by atoms with van der Waals surface area (Å²) in [6, 6.07) is 7.25. The molecule has 1 fully saturated rings. The Morgan fingerprint density at radius 1 is 1.35 bits per heavy atom. The predicted octanol–water partition coefficient (Wildman–Crippen LogP) is 3.89. The van der Waals surface area contributed by atoms with Crippen molar-refractivity contribution < 1.29 is 0 Å². The van der Waals surface area contributed by atoms with Crippen LogP contribution in [0.2, 0.25) is 0 Å². The molecule has 20 heavy (non-hydrogen) atoms. The van der Waals surface area contributed by atoms with E-state index in [4.69, 9.17) is 5.73 Å². The van der Waals surface area contributed by atoms with Gasteiger partial charge < -0.3 is 5.73 Å². The summed E-state index contributed by atoms with van der Waals surface area (Å²) < 4.78 is 1.20. The molecule has 2 aromatic rings. The molecule has 3 nitrogen and oxygen atoms in total. The maximum Gasteiger partial charge on any atom is 0.181 e. The third-order valence-electron chi connectivity index (χ3n) is 4.53. The smallest absolute Gasteiger partial charge is 0.181 e. The molecule has 0 aliphatic heterocycles. The largest absolute Gasteiger partial charge is 0.375 e. The van der Waals surface area contributed by atoms with E-state index in [1.807, 2.05) is 0 Å². The molecule has 1 saturated carbocycles. The van der Waals surface area contributed by atoms with E-state index in [1.165, 1.54) is 35.9 Å². The van der Waals surface area contributed by atoms with Crippen LogP contribution in [0, 0.1) is 5.92 Å². The van der Waals surface area contributed by atoms with E-state index in [9.17, 15) is 0 Å². The van der Waals surface area contributed by atoms with Crippen LogP contribution in [-0.2, 0) is 6.54 Å². The summed E-state index contributed by atoms with van der Waals surface area (Å²) in [4.78, 5) is 6.84. The van der Waals surface area contributed by atoms with Crippen LogP contribution in [0.1, 0.15) is 38.2 Å². The Hall–Kier alpha value is -1.13. The SMILES string of the molecule is CC1CCCCC1N(C)Cc1ccc2nc(N)sc2c1. The molecule has 0 saturated heterocycles. The van der Waals surface area contributed by atoms with Gasteiger partial charge in [-0.05, 0) is 43.5 Å². The first-order valence-electron chi connectivity index (χ1n) is 7.48. The lowest BCUT2D eigenvalue weighted by Gasteiger charge is -2.36. The average molecular weight is 289 g/mol. The molecule has 0 bridgehead atoms. The van der Waals surface area contributed by atoms with Crippen molar-refractivity contribution in [3.05, 3.63) is 23.8 Å². The van der Waals surface area contributed by atoms with Crippen LogP contribution in [0.15, 0.2) is 18.2 Å². The number of rotatable bonds is 3. The molecule has 0 radical (unpaired) electrons. The topological polar surface area (TPSA) is 42.2 Å². The highest BCUT2D eigenvalue weighted by molar-refractivity contribution is 7.22. The van der Waals surface area contributed by atoms with Gasteiger partial charge in [0.2, 0.25) is 0 Å². The van der Waals surface area contributed by atoms with Crippen molar-refractivity contribution in [1.82, 2.24) is 9.88 Å². The highest BCUT2D eigenvalue weighted by Gasteiger charge is 2.24. The molecule has 1 aromatic heterocycles. The lowest BCUT2D eigenvalue weighted by atomic mass is 9.85. The summed E-state index contributed by atoms with van der Waals surface area (Å²) in [5, 5.41) is 0.659. The van der Waals surface area contributed by atoms with Gasteiger partial charge in [-0.25, -0.2) is 4.98 Å². The molecule has 2 unspecified atom stereocenters. The quantitative estimate of drug-likeness (QED) is 0.932. The van der Waals surface area contributed by atoms with Gasteiger partial charge in [0.05, 0.1) is 10.2 Å². The van der Waals surface area contributed by atoms with Crippen LogP contribution < -0.4 is 5.73 Å². The molecular formula is C16H23N3S. The van der Waals surface area contributed by atoms with Crippen molar-refractivity contribution in [2.75, 3.05) is 12.8 Å². The average Bonchev–Trinajstić information content (AvgIpc) is 2.78. The summed E-state index contributed by atoms with van der Waals surface area (Å²) in [7, 11) is 2.26. The molecular weight excluding hydrogens is 266 g/mol. The second-order valence-corrected chi connectivity index (χ2v) is 7.16. The molecule has 1 aromatic carbocycles. The highest BCUT2D eigenvalue weighted by Crippen LogP contribution is 2.29. The van der Waals surface area contributed by atoms with Crippen molar-refractivity contribution >= 4 is 26.7 Å². The third-order valence-corrected chi connectivity index (χ3v) is 5.38. The van der Waals surface area contributed by atoms with Crippen molar-refractivity contribution in [2.45, 2.75) is 45.2 Å². The Morgan fingerprint density at radius 2 is 2.15 bits per heavy atom. The van der Waals surface area contributed by atoms with E-state index in [-0.39, 0.29) is 0 Å². The Morgan fingerprint density at radius 3 is 2.95 bits per heavy atom. The van der Waals surface area contributed by atoms with E-state index in [2.05, 4.69) is 42.1 Å². The van der Waals surface area contributed by atoms with Crippen molar-refractivity contribution in [3.8, 4) is 0 Å². The Kier molecular flexibility index (Phi) is 3.94. The molecule has 0 spiro atoms. The van der Waals surface area contributed by atoms with Crippen LogP contribution in [-0.4, -0.2) is 23.0 Å². The molecule has 2 atom stereocenters. The molecule has 1 aliphatic rings. The Bertz CT molecular complexity index is 592. The van der Waals surface area contributed by atoms with Gasteiger partial charge in [-0.15, -0.1) is 0 Å². The zero-order valence-electron chi connectivity index (χ0n) is 12.3. The van der Waals surface area contributed by atoms with Gasteiger partial charge in [-0.2, -0.15) is 0 Å². The zero-order chi connectivity index (χ0) is 14.1. The third kappa shape index (κ3) is 2.81. The normalized spacial score (nSPS) is 23.6. The fraction of sp³-hybridized carbons (Fsp3) is 0.562. The van der Waals surface area contributed by atoms with Gasteiger partial charge >= 0.3 is 0 Å². The first-order valence-corrected chi connectivity index (χ1v) is 8.30. The number of thiazole rings is 1. The molecule has 3 rings (SSSR count). The summed E-state index contributed by atoms with van der Waals surface area (Å²) in [6.45, 7) is 3.41. The van der Waals surface area contributed by atoms with Crippen molar-refractivity contribution in [1.29, 1.82) is 0 Å². The van der Waals surface area contributed by atoms with E-state index in [1.54, 1.807) is 11.3 Å². The summed E-state index contributed by atoms with van der Waals surface area (Å²) >= 11 is 1.58. The summed E-state index contributed by atoms with van der Waals surface area (Å²) in [5.74, 6) is 0.816. The number of aromatic nitrogens is 1. The molecule has 1 heterocycles. The van der Waals surface area contributed by atoms with Crippen molar-refractivity contribution in [3.63, 3.8) is 0 Å². The fourth-order valence-electron chi connectivity index (χ4n) is 3.44. The Balaban J connectivity index is 1.74. The molecule has 4 heteroatoms. The van der Waals surface area contributed by atoms with Gasteiger partial charge in [-0.3, -0.25) is 4.90 Å². The number of nitrogen functional groups attached to an aromatic ring is 1. The van der Waals surface area contributed by atoms with Crippen LogP contribution in [0.3, 0.4) is 0 Å². The van der Waals surface area contributed by atoms with E-state index in [0.717, 1.165) is 24.0 Å². The van der Waals surface area contributed by atoms with Gasteiger partial charge in [0.1, 0.15) is 0 Å². The van der Waals surface area contributed by atoms with E-state index in [0.29, 0.717) is 5.13 Å². The number of nitrogens with two attached hydrogens (primary N) is 1. The fourth-order valence-corrected chi connectivity index (χ4v) is 4.24. The number of fused-ring (bicyclic) bond motifs is 1. The first-order chi connectivity index (χ1) is 9.63. The number of hydrogen-bond donors (Lipinski definition) is 1. The number of hydrogen-bond acceptors (Lipinski definition) is 4. The van der Waals surface area contributed by atoms with Gasteiger partial charge in [0.25, 0.3) is 0 Å². The minimum atomic E-state index is 0.659. The highest BCUT2D eigenvalue weighted by atomic mass is 32.1. The lowest BCUT2D eigenvalue weighted by Crippen LogP contribution is -2.38. The van der Waals surface area contributed by atoms with Gasteiger partial charge in [-0.1, -0.05) is 37.2 Å². The van der Waals surface area contributed by atoms with Gasteiger partial charge in [0.15, 0.2) is 5.13 Å². The molecule has 2 N–H and O–H groups in total. The predicted molar refractivity (Wildman–Crippen MR) is 86.9 cm³/mol.